The highest BCUT2D eigenvalue weighted by Crippen LogP contribution is 2.23. The summed E-state index contributed by atoms with van der Waals surface area (Å²) in [6, 6.07) is 24.4. The SMILES string of the molecule is Cc1cccc2c1n(CC(O)c1ccccc1)c(=O)n2CC(O)c1ccccc1. The number of benzene rings is 3. The van der Waals surface area contributed by atoms with E-state index >= 15 is 0 Å². The summed E-state index contributed by atoms with van der Waals surface area (Å²) in [6.45, 7) is 2.25. The highest BCUT2D eigenvalue weighted by Gasteiger charge is 2.20. The molecule has 0 aliphatic heterocycles. The topological polar surface area (TPSA) is 67.4 Å². The van der Waals surface area contributed by atoms with Crippen molar-refractivity contribution in [3.05, 3.63) is 106 Å². The number of aliphatic hydroxyl groups is 2. The van der Waals surface area contributed by atoms with E-state index in [2.05, 4.69) is 0 Å². The number of fused-ring (bicyclic) bond motifs is 1. The number of hydrogen-bond acceptors (Lipinski definition) is 3. The minimum Gasteiger partial charge on any atom is -0.387 e. The Kier molecular flexibility index (Phi) is 5.34. The summed E-state index contributed by atoms with van der Waals surface area (Å²) in [5.74, 6) is 0. The number of imidazole rings is 1. The van der Waals surface area contributed by atoms with Gasteiger partial charge >= 0.3 is 5.69 Å². The average Bonchev–Trinajstić information content (AvgIpc) is 3.01. The lowest BCUT2D eigenvalue weighted by Gasteiger charge is -2.13. The number of nitrogens with zero attached hydrogens (tertiary/aromatic N) is 2. The summed E-state index contributed by atoms with van der Waals surface area (Å²) in [4.78, 5) is 13.3. The molecule has 148 valence electrons. The molecule has 0 saturated carbocycles. The quantitative estimate of drug-likeness (QED) is 0.531. The zero-order chi connectivity index (χ0) is 20.4. The van der Waals surface area contributed by atoms with Gasteiger partial charge in [0.05, 0.1) is 36.3 Å². The van der Waals surface area contributed by atoms with E-state index in [0.717, 1.165) is 27.7 Å². The summed E-state index contributed by atoms with van der Waals surface area (Å²) < 4.78 is 3.21. The summed E-state index contributed by atoms with van der Waals surface area (Å²) in [6.07, 6.45) is -1.60. The summed E-state index contributed by atoms with van der Waals surface area (Å²) in [5.41, 5.74) is 3.78. The van der Waals surface area contributed by atoms with Crippen molar-refractivity contribution in [1.29, 1.82) is 0 Å². The maximum Gasteiger partial charge on any atom is 0.329 e. The second kappa shape index (κ2) is 8.07. The Morgan fingerprint density at radius 3 is 1.79 bits per heavy atom. The minimum atomic E-state index is -0.799. The van der Waals surface area contributed by atoms with Crippen molar-refractivity contribution < 1.29 is 10.2 Å². The molecule has 0 aliphatic rings. The van der Waals surface area contributed by atoms with Crippen LogP contribution >= 0.6 is 0 Å². The smallest absolute Gasteiger partial charge is 0.329 e. The van der Waals surface area contributed by atoms with E-state index in [1.54, 1.807) is 9.13 Å². The van der Waals surface area contributed by atoms with Crippen LogP contribution in [0.1, 0.15) is 28.9 Å². The Morgan fingerprint density at radius 1 is 0.724 bits per heavy atom. The number of aryl methyl sites for hydroxylation is 1. The number of rotatable bonds is 6. The molecular formula is C24H24N2O3. The molecule has 1 heterocycles. The van der Waals surface area contributed by atoms with Crippen LogP contribution in [-0.4, -0.2) is 19.3 Å². The van der Waals surface area contributed by atoms with Crippen molar-refractivity contribution in [3.63, 3.8) is 0 Å². The molecule has 0 amide bonds. The van der Waals surface area contributed by atoms with Crippen molar-refractivity contribution in [1.82, 2.24) is 9.13 Å². The highest BCUT2D eigenvalue weighted by molar-refractivity contribution is 5.79. The zero-order valence-electron chi connectivity index (χ0n) is 16.3. The van der Waals surface area contributed by atoms with Crippen LogP contribution in [0, 0.1) is 6.92 Å². The van der Waals surface area contributed by atoms with Crippen molar-refractivity contribution in [3.8, 4) is 0 Å². The standard InChI is InChI=1S/C24H24N2O3/c1-17-9-8-14-20-23(17)26(16-22(28)19-12-6-3-7-13-19)24(29)25(20)15-21(27)18-10-4-2-5-11-18/h2-14,21-22,27-28H,15-16H2,1H3. The Hall–Kier alpha value is -3.15. The maximum absolute atomic E-state index is 13.3. The molecule has 2 atom stereocenters. The lowest BCUT2D eigenvalue weighted by molar-refractivity contribution is 0.150. The molecule has 0 aliphatic carbocycles. The van der Waals surface area contributed by atoms with Gasteiger partial charge in [0.2, 0.25) is 0 Å². The predicted octanol–water partition coefficient (Wildman–Crippen LogP) is 3.58. The number of hydrogen-bond donors (Lipinski definition) is 2. The molecule has 1 aromatic heterocycles. The van der Waals surface area contributed by atoms with Crippen LogP contribution in [0.2, 0.25) is 0 Å². The molecule has 0 fully saturated rings. The highest BCUT2D eigenvalue weighted by atomic mass is 16.3. The van der Waals surface area contributed by atoms with Crippen molar-refractivity contribution in [2.75, 3.05) is 0 Å². The fourth-order valence-corrected chi connectivity index (χ4v) is 3.81. The summed E-state index contributed by atoms with van der Waals surface area (Å²) in [7, 11) is 0. The first-order valence-corrected chi connectivity index (χ1v) is 9.71. The Morgan fingerprint density at radius 2 is 1.24 bits per heavy atom. The molecule has 4 aromatic rings. The normalized spacial score (nSPS) is 13.5. The number of aromatic nitrogens is 2. The predicted molar refractivity (Wildman–Crippen MR) is 114 cm³/mol. The van der Waals surface area contributed by atoms with Gasteiger partial charge in [-0.2, -0.15) is 0 Å². The third kappa shape index (κ3) is 3.75. The minimum absolute atomic E-state index is 0.150. The number of para-hydroxylation sites is 1. The summed E-state index contributed by atoms with van der Waals surface area (Å²) in [5, 5.41) is 21.4. The van der Waals surface area contributed by atoms with Gasteiger partial charge in [-0.1, -0.05) is 72.8 Å². The monoisotopic (exact) mass is 388 g/mol. The molecule has 3 aromatic carbocycles. The second-order valence-electron chi connectivity index (χ2n) is 7.30. The van der Waals surface area contributed by atoms with Gasteiger partial charge in [0.1, 0.15) is 0 Å². The van der Waals surface area contributed by atoms with E-state index < -0.39 is 12.2 Å². The van der Waals surface area contributed by atoms with Crippen LogP contribution < -0.4 is 5.69 Å². The third-order valence-corrected chi connectivity index (χ3v) is 5.32. The van der Waals surface area contributed by atoms with E-state index in [4.69, 9.17) is 0 Å². The van der Waals surface area contributed by atoms with E-state index in [-0.39, 0.29) is 18.8 Å². The first kappa shape index (κ1) is 19.2. The molecule has 0 saturated heterocycles. The van der Waals surface area contributed by atoms with E-state index in [0.29, 0.717) is 0 Å². The van der Waals surface area contributed by atoms with Gasteiger partial charge in [-0.05, 0) is 29.7 Å². The van der Waals surface area contributed by atoms with Gasteiger partial charge in [0.15, 0.2) is 0 Å². The molecule has 0 bridgehead atoms. The first-order valence-electron chi connectivity index (χ1n) is 9.71. The molecule has 0 spiro atoms. The van der Waals surface area contributed by atoms with Crippen LogP contribution in [0.25, 0.3) is 11.0 Å². The van der Waals surface area contributed by atoms with Crippen molar-refractivity contribution in [2.45, 2.75) is 32.2 Å². The van der Waals surface area contributed by atoms with Gasteiger partial charge in [0.25, 0.3) is 0 Å². The van der Waals surface area contributed by atoms with Gasteiger partial charge in [-0.3, -0.25) is 9.13 Å². The van der Waals surface area contributed by atoms with E-state index in [1.807, 2.05) is 85.8 Å². The number of aliphatic hydroxyl groups excluding tert-OH is 2. The molecule has 2 unspecified atom stereocenters. The first-order chi connectivity index (χ1) is 14.1. The van der Waals surface area contributed by atoms with Crippen molar-refractivity contribution >= 4 is 11.0 Å². The van der Waals surface area contributed by atoms with Crippen LogP contribution in [0.3, 0.4) is 0 Å². The molecular weight excluding hydrogens is 364 g/mol. The fourth-order valence-electron chi connectivity index (χ4n) is 3.81. The molecule has 5 heteroatoms. The molecule has 5 nitrogen and oxygen atoms in total. The van der Waals surface area contributed by atoms with Crippen LogP contribution in [0.15, 0.2) is 83.7 Å². The molecule has 29 heavy (non-hydrogen) atoms. The average molecular weight is 388 g/mol. The van der Waals surface area contributed by atoms with Crippen LogP contribution in [0.4, 0.5) is 0 Å². The summed E-state index contributed by atoms with van der Waals surface area (Å²) >= 11 is 0. The van der Waals surface area contributed by atoms with Crippen molar-refractivity contribution in [2.24, 2.45) is 0 Å². The maximum atomic E-state index is 13.3. The van der Waals surface area contributed by atoms with Gasteiger partial charge in [0, 0.05) is 0 Å². The second-order valence-corrected chi connectivity index (χ2v) is 7.30. The Labute approximate surface area is 169 Å². The lowest BCUT2D eigenvalue weighted by atomic mass is 10.1. The van der Waals surface area contributed by atoms with Crippen LogP contribution in [-0.2, 0) is 13.1 Å². The van der Waals surface area contributed by atoms with E-state index in [1.165, 1.54) is 0 Å². The zero-order valence-corrected chi connectivity index (χ0v) is 16.3. The Bertz CT molecular complexity index is 1160. The largest absolute Gasteiger partial charge is 0.387 e. The fraction of sp³-hybridized carbons (Fsp3) is 0.208. The third-order valence-electron chi connectivity index (χ3n) is 5.32. The molecule has 2 N–H and O–H groups in total. The van der Waals surface area contributed by atoms with Gasteiger partial charge < -0.3 is 10.2 Å². The molecule has 4 rings (SSSR count). The lowest BCUT2D eigenvalue weighted by Crippen LogP contribution is -2.28. The van der Waals surface area contributed by atoms with Gasteiger partial charge in [-0.15, -0.1) is 0 Å². The van der Waals surface area contributed by atoms with Crippen LogP contribution in [0.5, 0.6) is 0 Å². The Balaban J connectivity index is 1.75. The van der Waals surface area contributed by atoms with Gasteiger partial charge in [-0.25, -0.2) is 4.79 Å². The van der Waals surface area contributed by atoms with E-state index in [9.17, 15) is 15.0 Å². The molecule has 0 radical (unpaired) electrons.